The van der Waals surface area contributed by atoms with Gasteiger partial charge >= 0.3 is 6.03 Å². The van der Waals surface area contributed by atoms with E-state index in [1.54, 1.807) is 47.7 Å². The van der Waals surface area contributed by atoms with Gasteiger partial charge in [0.2, 0.25) is 0 Å². The number of hydrogen-bond donors (Lipinski definition) is 1. The van der Waals surface area contributed by atoms with Gasteiger partial charge in [-0.2, -0.15) is 0 Å². The van der Waals surface area contributed by atoms with E-state index in [0.717, 1.165) is 43.1 Å². The fraction of sp³-hybridized carbons (Fsp3) is 0.581. The van der Waals surface area contributed by atoms with E-state index in [2.05, 4.69) is 5.32 Å². The van der Waals surface area contributed by atoms with E-state index in [4.69, 9.17) is 23.7 Å². The summed E-state index contributed by atoms with van der Waals surface area (Å²) in [5.41, 5.74) is 1.41. The summed E-state index contributed by atoms with van der Waals surface area (Å²) in [4.78, 5) is 16.0. The molecule has 39 heavy (non-hydrogen) atoms. The maximum atomic E-state index is 14.0. The second-order valence-electron chi connectivity index (χ2n) is 10.6. The zero-order chi connectivity index (χ0) is 27.8. The molecule has 0 aliphatic heterocycles. The summed E-state index contributed by atoms with van der Waals surface area (Å²) in [5, 5.41) is 3.10. The molecule has 1 N–H and O–H groups in total. The lowest BCUT2D eigenvalue weighted by Gasteiger charge is -2.40. The Bertz CT molecular complexity index is 1070. The summed E-state index contributed by atoms with van der Waals surface area (Å²) in [6.07, 6.45) is 11.1. The van der Waals surface area contributed by atoms with Crippen LogP contribution in [0.25, 0.3) is 0 Å². The fourth-order valence-corrected chi connectivity index (χ4v) is 6.33. The zero-order valence-corrected chi connectivity index (χ0v) is 24.1. The molecule has 0 heterocycles. The predicted molar refractivity (Wildman–Crippen MR) is 153 cm³/mol. The molecule has 2 aromatic rings. The van der Waals surface area contributed by atoms with Gasteiger partial charge in [0.25, 0.3) is 0 Å². The molecule has 8 nitrogen and oxygen atoms in total. The third kappa shape index (κ3) is 6.84. The lowest BCUT2D eigenvalue weighted by Crippen LogP contribution is -2.44. The highest BCUT2D eigenvalue weighted by molar-refractivity contribution is 5.93. The van der Waals surface area contributed by atoms with E-state index < -0.39 is 0 Å². The Morgan fingerprint density at radius 1 is 0.718 bits per heavy atom. The second kappa shape index (κ2) is 13.7. The van der Waals surface area contributed by atoms with Gasteiger partial charge in [-0.05, 0) is 49.7 Å². The summed E-state index contributed by atoms with van der Waals surface area (Å²) < 4.78 is 27.6. The van der Waals surface area contributed by atoms with Crippen molar-refractivity contribution in [3.63, 3.8) is 0 Å². The predicted octanol–water partition coefficient (Wildman–Crippen LogP) is 6.90. The summed E-state index contributed by atoms with van der Waals surface area (Å²) in [7, 11) is 7.99. The van der Waals surface area contributed by atoms with Crippen LogP contribution < -0.4 is 29.0 Å². The average molecular weight is 541 g/mol. The number of ether oxygens (including phenoxy) is 5. The summed E-state index contributed by atoms with van der Waals surface area (Å²) >= 11 is 0. The topological polar surface area (TPSA) is 78.5 Å². The number of methoxy groups -OCH3 is 5. The molecule has 2 saturated carbocycles. The molecule has 0 aromatic heterocycles. The second-order valence-corrected chi connectivity index (χ2v) is 10.6. The quantitative estimate of drug-likeness (QED) is 0.353. The molecule has 0 saturated heterocycles. The first-order chi connectivity index (χ1) is 19.0. The molecule has 214 valence electrons. The number of carbonyl (C=O) groups excluding carboxylic acids is 1. The Labute approximate surface area is 232 Å². The monoisotopic (exact) mass is 540 g/mol. The minimum absolute atomic E-state index is 0.117. The lowest BCUT2D eigenvalue weighted by molar-refractivity contribution is 0.120. The number of hydrogen-bond acceptors (Lipinski definition) is 6. The highest BCUT2D eigenvalue weighted by Crippen LogP contribution is 2.42. The number of rotatable bonds is 10. The van der Waals surface area contributed by atoms with Gasteiger partial charge < -0.3 is 33.9 Å². The van der Waals surface area contributed by atoms with Crippen molar-refractivity contribution in [2.75, 3.05) is 40.9 Å². The standard InChI is InChI=1S/C31H44N2O6/c1-35-25-16-13-23(27(17-25)37-3)20-33(24-14-11-22(12-15-24)21-9-7-6-8-10-21)31(34)32-30-28(38-4)18-26(36-2)19-29(30)39-5/h13,16-19,21-22,24H,6-12,14-15,20H2,1-5H3,(H,32,34). The molecular formula is C31H44N2O6. The van der Waals surface area contributed by atoms with Gasteiger partial charge in [-0.15, -0.1) is 0 Å². The van der Waals surface area contributed by atoms with Crippen LogP contribution in [0.5, 0.6) is 28.7 Å². The van der Waals surface area contributed by atoms with E-state index in [0.29, 0.717) is 41.0 Å². The normalized spacial score (nSPS) is 19.6. The first-order valence-corrected chi connectivity index (χ1v) is 14.1. The molecule has 0 radical (unpaired) electrons. The van der Waals surface area contributed by atoms with Crippen LogP contribution in [-0.4, -0.2) is 52.5 Å². The average Bonchev–Trinajstić information content (AvgIpc) is 3.00. The fourth-order valence-electron chi connectivity index (χ4n) is 6.33. The molecule has 0 atom stereocenters. The number of nitrogens with one attached hydrogen (secondary N) is 1. The molecule has 4 rings (SSSR count). The van der Waals surface area contributed by atoms with E-state index in [1.807, 2.05) is 23.1 Å². The Kier molecular flexibility index (Phi) is 10.1. The number of amides is 2. The molecule has 2 amide bonds. The Morgan fingerprint density at radius 2 is 1.28 bits per heavy atom. The van der Waals surface area contributed by atoms with E-state index in [9.17, 15) is 4.79 Å². The number of urea groups is 1. The Hall–Kier alpha value is -3.29. The summed E-state index contributed by atoms with van der Waals surface area (Å²) in [6, 6.07) is 9.14. The molecule has 0 unspecified atom stereocenters. The van der Waals surface area contributed by atoms with Crippen LogP contribution >= 0.6 is 0 Å². The number of carbonyl (C=O) groups is 1. The molecular weight excluding hydrogens is 496 g/mol. The zero-order valence-electron chi connectivity index (χ0n) is 24.1. The molecule has 0 spiro atoms. The summed E-state index contributed by atoms with van der Waals surface area (Å²) in [6.45, 7) is 0.415. The van der Waals surface area contributed by atoms with Gasteiger partial charge in [-0.25, -0.2) is 4.79 Å². The number of benzene rings is 2. The third-order valence-electron chi connectivity index (χ3n) is 8.54. The minimum Gasteiger partial charge on any atom is -0.497 e. The van der Waals surface area contributed by atoms with Gasteiger partial charge in [-0.3, -0.25) is 0 Å². The molecule has 8 heteroatoms. The smallest absolute Gasteiger partial charge is 0.322 e. The molecule has 0 bridgehead atoms. The van der Waals surface area contributed by atoms with E-state index >= 15 is 0 Å². The van der Waals surface area contributed by atoms with Crippen LogP contribution in [0.1, 0.15) is 63.4 Å². The van der Waals surface area contributed by atoms with Gasteiger partial charge in [0.05, 0.1) is 42.1 Å². The SMILES string of the molecule is COc1ccc(CN(C(=O)Nc2c(OC)cc(OC)cc2OC)C2CCC(C3CCCCC3)CC2)c(OC)c1. The van der Waals surface area contributed by atoms with E-state index in [-0.39, 0.29) is 12.1 Å². The van der Waals surface area contributed by atoms with Crippen molar-refractivity contribution in [2.24, 2.45) is 11.8 Å². The number of anilines is 1. The van der Waals surface area contributed by atoms with Crippen LogP contribution in [0.4, 0.5) is 10.5 Å². The molecule has 2 aromatic carbocycles. The van der Waals surface area contributed by atoms with Crippen molar-refractivity contribution in [3.05, 3.63) is 35.9 Å². The van der Waals surface area contributed by atoms with Crippen molar-refractivity contribution < 1.29 is 28.5 Å². The first-order valence-electron chi connectivity index (χ1n) is 14.1. The maximum absolute atomic E-state index is 14.0. The van der Waals surface area contributed by atoms with Gasteiger partial charge in [0.15, 0.2) is 0 Å². The van der Waals surface area contributed by atoms with Crippen LogP contribution in [0.3, 0.4) is 0 Å². The first kappa shape index (κ1) is 28.7. The maximum Gasteiger partial charge on any atom is 0.322 e. The lowest BCUT2D eigenvalue weighted by atomic mass is 9.72. The molecule has 2 aliphatic carbocycles. The number of nitrogens with zero attached hydrogens (tertiary/aromatic N) is 1. The van der Waals surface area contributed by atoms with Crippen LogP contribution in [0.2, 0.25) is 0 Å². The minimum atomic E-state index is -0.198. The highest BCUT2D eigenvalue weighted by atomic mass is 16.5. The Balaban J connectivity index is 1.59. The van der Waals surface area contributed by atoms with Crippen LogP contribution in [-0.2, 0) is 6.54 Å². The molecule has 2 fully saturated rings. The van der Waals surface area contributed by atoms with Crippen LogP contribution in [0.15, 0.2) is 30.3 Å². The van der Waals surface area contributed by atoms with Gasteiger partial charge in [-0.1, -0.05) is 32.1 Å². The van der Waals surface area contributed by atoms with Crippen molar-refractivity contribution in [3.8, 4) is 28.7 Å². The third-order valence-corrected chi connectivity index (χ3v) is 8.54. The van der Waals surface area contributed by atoms with Crippen molar-refractivity contribution in [1.82, 2.24) is 4.90 Å². The largest absolute Gasteiger partial charge is 0.497 e. The van der Waals surface area contributed by atoms with E-state index in [1.165, 1.54) is 32.1 Å². The van der Waals surface area contributed by atoms with Crippen molar-refractivity contribution >= 4 is 11.7 Å². The van der Waals surface area contributed by atoms with Crippen LogP contribution in [0, 0.1) is 11.8 Å². The summed E-state index contributed by atoms with van der Waals surface area (Å²) in [5.74, 6) is 4.56. The Morgan fingerprint density at radius 3 is 1.85 bits per heavy atom. The van der Waals surface area contributed by atoms with Crippen molar-refractivity contribution in [2.45, 2.75) is 70.4 Å². The molecule has 2 aliphatic rings. The van der Waals surface area contributed by atoms with Crippen molar-refractivity contribution in [1.29, 1.82) is 0 Å². The highest BCUT2D eigenvalue weighted by Gasteiger charge is 2.34. The van der Waals surface area contributed by atoms with Gasteiger partial charge in [0, 0.05) is 29.8 Å². The van der Waals surface area contributed by atoms with Gasteiger partial charge in [0.1, 0.15) is 34.4 Å².